The molecule has 18 heavy (non-hydrogen) atoms. The van der Waals surface area contributed by atoms with E-state index in [1.807, 2.05) is 6.07 Å². The average molecular weight is 249 g/mol. The highest BCUT2D eigenvalue weighted by Gasteiger charge is 2.43. The molecular weight excluding hydrogens is 233 g/mol. The third kappa shape index (κ3) is 1.85. The van der Waals surface area contributed by atoms with Crippen LogP contribution < -0.4 is 4.90 Å². The standard InChI is InChI=1S/C14H16FNO2/c15-10-2-1-3-11(7-10)16-8-9-6-12(16)4-5-13(9)14(17)18/h1-3,7,9,12-13H,4-6,8H2,(H,17,18). The molecule has 96 valence electrons. The number of hydrogen-bond donors (Lipinski definition) is 1. The van der Waals surface area contributed by atoms with Crippen molar-refractivity contribution >= 4 is 11.7 Å². The van der Waals surface area contributed by atoms with Crippen LogP contribution in [0, 0.1) is 17.7 Å². The van der Waals surface area contributed by atoms with Crippen LogP contribution in [-0.4, -0.2) is 23.7 Å². The normalized spacial score (nSPS) is 30.5. The van der Waals surface area contributed by atoms with Crippen LogP contribution >= 0.6 is 0 Å². The van der Waals surface area contributed by atoms with Gasteiger partial charge in [0.15, 0.2) is 0 Å². The molecule has 2 fully saturated rings. The lowest BCUT2D eigenvalue weighted by Crippen LogP contribution is -2.29. The van der Waals surface area contributed by atoms with Gasteiger partial charge in [-0.05, 0) is 43.4 Å². The molecule has 3 rings (SSSR count). The molecule has 2 bridgehead atoms. The fraction of sp³-hybridized carbons (Fsp3) is 0.500. The fourth-order valence-electron chi connectivity index (χ4n) is 3.42. The Bertz CT molecular complexity index is 477. The van der Waals surface area contributed by atoms with E-state index in [0.717, 1.165) is 31.5 Å². The molecule has 1 aliphatic carbocycles. The van der Waals surface area contributed by atoms with Gasteiger partial charge in [0.2, 0.25) is 0 Å². The number of fused-ring (bicyclic) bond motifs is 2. The second-order valence-corrected chi connectivity index (χ2v) is 5.30. The lowest BCUT2D eigenvalue weighted by Gasteiger charge is -2.27. The zero-order valence-corrected chi connectivity index (χ0v) is 10.1. The first-order chi connectivity index (χ1) is 8.65. The maximum Gasteiger partial charge on any atom is 0.306 e. The second kappa shape index (κ2) is 4.26. The van der Waals surface area contributed by atoms with E-state index in [1.54, 1.807) is 6.07 Å². The van der Waals surface area contributed by atoms with E-state index < -0.39 is 5.97 Å². The number of rotatable bonds is 2. The van der Waals surface area contributed by atoms with E-state index in [2.05, 4.69) is 4.90 Å². The first-order valence-electron chi connectivity index (χ1n) is 6.40. The Kier molecular flexibility index (Phi) is 2.73. The van der Waals surface area contributed by atoms with Crippen molar-refractivity contribution in [3.8, 4) is 0 Å². The molecule has 3 unspecified atom stereocenters. The Labute approximate surface area is 105 Å². The van der Waals surface area contributed by atoms with Gasteiger partial charge < -0.3 is 10.0 Å². The third-order valence-corrected chi connectivity index (χ3v) is 4.28. The summed E-state index contributed by atoms with van der Waals surface area (Å²) in [6.07, 6.45) is 2.56. The molecule has 1 aromatic carbocycles. The maximum absolute atomic E-state index is 13.2. The predicted octanol–water partition coefficient (Wildman–Crippen LogP) is 2.52. The molecule has 0 radical (unpaired) electrons. The van der Waals surface area contributed by atoms with Crippen LogP contribution in [0.25, 0.3) is 0 Å². The van der Waals surface area contributed by atoms with Crippen LogP contribution in [0.2, 0.25) is 0 Å². The van der Waals surface area contributed by atoms with Crippen LogP contribution in [-0.2, 0) is 4.79 Å². The number of halogens is 1. The number of carboxylic acid groups (broad SMARTS) is 1. The highest BCUT2D eigenvalue weighted by molar-refractivity contribution is 5.71. The van der Waals surface area contributed by atoms with Crippen molar-refractivity contribution in [3.63, 3.8) is 0 Å². The van der Waals surface area contributed by atoms with Gasteiger partial charge in [-0.15, -0.1) is 0 Å². The van der Waals surface area contributed by atoms with Gasteiger partial charge in [0.25, 0.3) is 0 Å². The summed E-state index contributed by atoms with van der Waals surface area (Å²) in [7, 11) is 0. The number of nitrogens with zero attached hydrogens (tertiary/aromatic N) is 1. The molecule has 1 saturated carbocycles. The highest BCUT2D eigenvalue weighted by Crippen LogP contribution is 2.41. The Balaban J connectivity index is 1.83. The number of anilines is 1. The molecule has 1 aromatic rings. The molecule has 3 nitrogen and oxygen atoms in total. The average Bonchev–Trinajstić information content (AvgIpc) is 2.66. The summed E-state index contributed by atoms with van der Waals surface area (Å²) in [4.78, 5) is 13.3. The zero-order chi connectivity index (χ0) is 12.7. The minimum atomic E-state index is -0.681. The molecule has 0 amide bonds. The topological polar surface area (TPSA) is 40.5 Å². The van der Waals surface area contributed by atoms with E-state index in [9.17, 15) is 14.3 Å². The van der Waals surface area contributed by atoms with Crippen molar-refractivity contribution in [2.75, 3.05) is 11.4 Å². The van der Waals surface area contributed by atoms with Gasteiger partial charge in [0.05, 0.1) is 5.92 Å². The summed E-state index contributed by atoms with van der Waals surface area (Å²) in [6.45, 7) is 0.741. The summed E-state index contributed by atoms with van der Waals surface area (Å²) in [6, 6.07) is 6.97. The Hall–Kier alpha value is -1.58. The minimum Gasteiger partial charge on any atom is -0.481 e. The molecule has 4 heteroatoms. The van der Waals surface area contributed by atoms with Crippen LogP contribution in [0.5, 0.6) is 0 Å². The van der Waals surface area contributed by atoms with Gasteiger partial charge in [-0.2, -0.15) is 0 Å². The largest absolute Gasteiger partial charge is 0.481 e. The van der Waals surface area contributed by atoms with Crippen molar-refractivity contribution in [2.24, 2.45) is 11.8 Å². The van der Waals surface area contributed by atoms with Gasteiger partial charge in [-0.3, -0.25) is 4.79 Å². The monoisotopic (exact) mass is 249 g/mol. The van der Waals surface area contributed by atoms with E-state index in [-0.39, 0.29) is 17.7 Å². The Morgan fingerprint density at radius 2 is 2.22 bits per heavy atom. The van der Waals surface area contributed by atoms with E-state index >= 15 is 0 Å². The zero-order valence-electron chi connectivity index (χ0n) is 10.1. The van der Waals surface area contributed by atoms with E-state index in [4.69, 9.17) is 0 Å². The number of hydrogen-bond acceptors (Lipinski definition) is 2. The molecule has 1 aliphatic heterocycles. The summed E-state index contributed by atoms with van der Waals surface area (Å²) in [5, 5.41) is 9.18. The van der Waals surface area contributed by atoms with Crippen LogP contribution in [0.1, 0.15) is 19.3 Å². The SMILES string of the molecule is O=C(O)C1CCC2CC1CN2c1cccc(F)c1. The van der Waals surface area contributed by atoms with Gasteiger partial charge >= 0.3 is 5.97 Å². The second-order valence-electron chi connectivity index (χ2n) is 5.30. The van der Waals surface area contributed by atoms with Crippen LogP contribution in [0.15, 0.2) is 24.3 Å². The molecule has 1 saturated heterocycles. The molecule has 0 spiro atoms. The van der Waals surface area contributed by atoms with E-state index in [1.165, 1.54) is 12.1 Å². The predicted molar refractivity (Wildman–Crippen MR) is 66.0 cm³/mol. The van der Waals surface area contributed by atoms with Crippen molar-refractivity contribution in [2.45, 2.75) is 25.3 Å². The van der Waals surface area contributed by atoms with Crippen LogP contribution in [0.3, 0.4) is 0 Å². The first-order valence-corrected chi connectivity index (χ1v) is 6.40. The number of aliphatic carboxylic acids is 1. The van der Waals surface area contributed by atoms with Crippen molar-refractivity contribution < 1.29 is 14.3 Å². The van der Waals surface area contributed by atoms with Gasteiger partial charge in [0, 0.05) is 18.3 Å². The van der Waals surface area contributed by atoms with Crippen molar-refractivity contribution in [3.05, 3.63) is 30.1 Å². The lowest BCUT2D eigenvalue weighted by atomic mass is 9.80. The van der Waals surface area contributed by atoms with Crippen molar-refractivity contribution in [1.82, 2.24) is 0 Å². The van der Waals surface area contributed by atoms with Gasteiger partial charge in [-0.1, -0.05) is 6.07 Å². The third-order valence-electron chi connectivity index (χ3n) is 4.28. The molecular formula is C14H16FNO2. The molecule has 0 aromatic heterocycles. The molecule has 3 atom stereocenters. The Morgan fingerprint density at radius 3 is 2.94 bits per heavy atom. The van der Waals surface area contributed by atoms with Gasteiger partial charge in [0.1, 0.15) is 5.82 Å². The lowest BCUT2D eigenvalue weighted by molar-refractivity contribution is -0.144. The number of carbonyl (C=O) groups is 1. The smallest absolute Gasteiger partial charge is 0.306 e. The highest BCUT2D eigenvalue weighted by atomic mass is 19.1. The van der Waals surface area contributed by atoms with Crippen molar-refractivity contribution in [1.29, 1.82) is 0 Å². The summed E-state index contributed by atoms with van der Waals surface area (Å²) in [5.74, 6) is -0.924. The summed E-state index contributed by atoms with van der Waals surface area (Å²) in [5.41, 5.74) is 0.883. The van der Waals surface area contributed by atoms with Crippen LogP contribution in [0.4, 0.5) is 10.1 Å². The molecule has 1 heterocycles. The summed E-state index contributed by atoms with van der Waals surface area (Å²) >= 11 is 0. The number of carboxylic acids is 1. The minimum absolute atomic E-state index is 0.213. The summed E-state index contributed by atoms with van der Waals surface area (Å²) < 4.78 is 13.2. The van der Waals surface area contributed by atoms with E-state index in [0.29, 0.717) is 6.04 Å². The molecule has 2 aliphatic rings. The number of benzene rings is 1. The quantitative estimate of drug-likeness (QED) is 0.875. The first kappa shape index (κ1) is 11.5. The maximum atomic E-state index is 13.2. The Morgan fingerprint density at radius 1 is 1.39 bits per heavy atom. The van der Waals surface area contributed by atoms with Gasteiger partial charge in [-0.25, -0.2) is 4.39 Å². The molecule has 1 N–H and O–H groups in total. The fourth-order valence-corrected chi connectivity index (χ4v) is 3.42.